The van der Waals surface area contributed by atoms with Crippen molar-refractivity contribution in [3.05, 3.63) is 46.8 Å². The van der Waals surface area contributed by atoms with Crippen LogP contribution in [-0.2, 0) is 21.9 Å². The fourth-order valence-corrected chi connectivity index (χ4v) is 3.10. The third kappa shape index (κ3) is 4.92. The summed E-state index contributed by atoms with van der Waals surface area (Å²) in [6, 6.07) is 6.42. The normalized spacial score (nSPS) is 12.2. The van der Waals surface area contributed by atoms with Crippen molar-refractivity contribution in [3.63, 3.8) is 0 Å². The molecule has 0 aliphatic rings. The van der Waals surface area contributed by atoms with Crippen LogP contribution in [0, 0.1) is 6.92 Å². The van der Waals surface area contributed by atoms with Gasteiger partial charge in [-0.15, -0.1) is 0 Å². The number of nitrogens with two attached hydrogens (primary N) is 1. The molecule has 1 aromatic heterocycles. The van der Waals surface area contributed by atoms with Crippen LogP contribution in [-0.4, -0.2) is 26.0 Å². The summed E-state index contributed by atoms with van der Waals surface area (Å²) in [5, 5.41) is 12.0. The lowest BCUT2D eigenvalue weighted by Crippen LogP contribution is -2.28. The molecular formula is C18H25N3O4S. The lowest BCUT2D eigenvalue weighted by Gasteiger charge is -2.16. The number of aromatic nitrogens is 1. The van der Waals surface area contributed by atoms with Gasteiger partial charge >= 0.3 is 0 Å². The summed E-state index contributed by atoms with van der Waals surface area (Å²) in [6.07, 6.45) is 1.43. The van der Waals surface area contributed by atoms with Crippen LogP contribution < -0.4 is 10.5 Å². The van der Waals surface area contributed by atoms with E-state index in [1.165, 1.54) is 12.1 Å². The van der Waals surface area contributed by atoms with E-state index in [0.29, 0.717) is 30.0 Å². The summed E-state index contributed by atoms with van der Waals surface area (Å²) in [6.45, 7) is 8.15. The third-order valence-corrected chi connectivity index (χ3v) is 4.91. The van der Waals surface area contributed by atoms with Gasteiger partial charge in [-0.1, -0.05) is 38.1 Å². The van der Waals surface area contributed by atoms with Crippen LogP contribution in [0.2, 0.25) is 0 Å². The van der Waals surface area contributed by atoms with Gasteiger partial charge in [0.05, 0.1) is 4.90 Å². The number of benzene rings is 1. The molecule has 0 bridgehead atoms. The van der Waals surface area contributed by atoms with E-state index >= 15 is 0 Å². The summed E-state index contributed by atoms with van der Waals surface area (Å²) in [4.78, 5) is 12.6. The van der Waals surface area contributed by atoms with Crippen LogP contribution >= 0.6 is 0 Å². The van der Waals surface area contributed by atoms with E-state index in [1.807, 2.05) is 20.8 Å². The van der Waals surface area contributed by atoms with Crippen molar-refractivity contribution in [3.8, 4) is 0 Å². The van der Waals surface area contributed by atoms with Crippen LogP contribution in [0.3, 0.4) is 0 Å². The van der Waals surface area contributed by atoms with Crippen molar-refractivity contribution < 1.29 is 17.7 Å². The highest BCUT2D eigenvalue weighted by molar-refractivity contribution is 7.89. The zero-order valence-electron chi connectivity index (χ0n) is 15.5. The molecule has 7 nitrogen and oxygen atoms in total. The van der Waals surface area contributed by atoms with E-state index in [1.54, 1.807) is 19.1 Å². The van der Waals surface area contributed by atoms with Crippen molar-refractivity contribution in [1.82, 2.24) is 10.5 Å². The van der Waals surface area contributed by atoms with E-state index in [0.717, 1.165) is 12.0 Å². The Labute approximate surface area is 154 Å². The molecule has 0 unspecified atom stereocenters. The van der Waals surface area contributed by atoms with Gasteiger partial charge in [-0.25, -0.2) is 13.6 Å². The maximum atomic E-state index is 12.5. The number of carbonyl (C=O) groups excluding carboxylic acids is 1. The van der Waals surface area contributed by atoms with Gasteiger partial charge in [-0.05, 0) is 37.5 Å². The summed E-state index contributed by atoms with van der Waals surface area (Å²) in [7, 11) is -3.67. The predicted molar refractivity (Wildman–Crippen MR) is 98.4 cm³/mol. The molecule has 0 atom stereocenters. The molecule has 0 spiro atoms. The van der Waals surface area contributed by atoms with Crippen molar-refractivity contribution in [2.45, 2.75) is 50.8 Å². The molecule has 2 aromatic rings. The van der Waals surface area contributed by atoms with E-state index in [4.69, 9.17) is 9.66 Å². The molecular weight excluding hydrogens is 354 g/mol. The Morgan fingerprint density at radius 3 is 2.38 bits per heavy atom. The standard InChI is InChI=1S/C18H25N3O4S/c1-12-15(16(21-25-12)18(2,3)4)17(22)20-11-5-6-13-7-9-14(10-8-13)26(19,23)24/h7-10H,5-6,11H2,1-4H3,(H,20,22)(H2,19,23,24). The van der Waals surface area contributed by atoms with Gasteiger partial charge in [0.15, 0.2) is 0 Å². The largest absolute Gasteiger partial charge is 0.361 e. The smallest absolute Gasteiger partial charge is 0.256 e. The van der Waals surface area contributed by atoms with Crippen LogP contribution in [0.1, 0.15) is 54.6 Å². The highest BCUT2D eigenvalue weighted by atomic mass is 32.2. The van der Waals surface area contributed by atoms with Gasteiger partial charge in [0.25, 0.3) is 5.91 Å². The monoisotopic (exact) mass is 379 g/mol. The molecule has 3 N–H and O–H groups in total. The van der Waals surface area contributed by atoms with Crippen LogP contribution in [0.25, 0.3) is 0 Å². The highest BCUT2D eigenvalue weighted by Crippen LogP contribution is 2.26. The SMILES string of the molecule is Cc1onc(C(C)(C)C)c1C(=O)NCCCc1ccc(S(N)(=O)=O)cc1. The number of hydrogen-bond donors (Lipinski definition) is 2. The Hall–Kier alpha value is -2.19. The summed E-state index contributed by atoms with van der Waals surface area (Å²) in [5.74, 6) is 0.309. The lowest BCUT2D eigenvalue weighted by atomic mass is 9.88. The highest BCUT2D eigenvalue weighted by Gasteiger charge is 2.28. The molecule has 0 saturated carbocycles. The molecule has 2 rings (SSSR count). The van der Waals surface area contributed by atoms with Crippen LogP contribution in [0.5, 0.6) is 0 Å². The first kappa shape index (κ1) is 20.1. The molecule has 0 saturated heterocycles. The van der Waals surface area contributed by atoms with E-state index < -0.39 is 10.0 Å². The molecule has 1 aromatic carbocycles. The van der Waals surface area contributed by atoms with Crippen molar-refractivity contribution in [2.75, 3.05) is 6.54 Å². The topological polar surface area (TPSA) is 115 Å². The zero-order valence-corrected chi connectivity index (χ0v) is 16.3. The van der Waals surface area contributed by atoms with Gasteiger partial charge in [0.1, 0.15) is 17.0 Å². The minimum absolute atomic E-state index is 0.0900. The molecule has 1 amide bonds. The number of primary sulfonamides is 1. The van der Waals surface area contributed by atoms with Gasteiger partial charge in [-0.2, -0.15) is 0 Å². The molecule has 142 valence electrons. The molecule has 0 aliphatic carbocycles. The fraction of sp³-hybridized carbons (Fsp3) is 0.444. The van der Waals surface area contributed by atoms with Crippen LogP contribution in [0.15, 0.2) is 33.7 Å². The summed E-state index contributed by atoms with van der Waals surface area (Å²) in [5.41, 5.74) is 1.83. The van der Waals surface area contributed by atoms with Crippen molar-refractivity contribution in [1.29, 1.82) is 0 Å². The average Bonchev–Trinajstić information content (AvgIpc) is 2.93. The van der Waals surface area contributed by atoms with Crippen molar-refractivity contribution in [2.24, 2.45) is 5.14 Å². The number of amides is 1. The van der Waals surface area contributed by atoms with E-state index in [9.17, 15) is 13.2 Å². The second-order valence-electron chi connectivity index (χ2n) is 7.26. The summed E-state index contributed by atoms with van der Waals surface area (Å²) >= 11 is 0. The summed E-state index contributed by atoms with van der Waals surface area (Å²) < 4.78 is 27.7. The Morgan fingerprint density at radius 1 is 1.23 bits per heavy atom. The number of sulfonamides is 1. The van der Waals surface area contributed by atoms with Crippen LogP contribution in [0.4, 0.5) is 0 Å². The maximum Gasteiger partial charge on any atom is 0.256 e. The Balaban J connectivity index is 1.91. The minimum Gasteiger partial charge on any atom is -0.361 e. The van der Waals surface area contributed by atoms with Gasteiger partial charge in [-0.3, -0.25) is 4.79 Å². The number of rotatable bonds is 6. The molecule has 0 aliphatic heterocycles. The van der Waals surface area contributed by atoms with Gasteiger partial charge < -0.3 is 9.84 Å². The minimum atomic E-state index is -3.67. The van der Waals surface area contributed by atoms with Gasteiger partial charge in [0.2, 0.25) is 10.0 Å². The maximum absolute atomic E-state index is 12.5. The number of nitrogens with zero attached hydrogens (tertiary/aromatic N) is 1. The van der Waals surface area contributed by atoms with E-state index in [2.05, 4.69) is 10.5 Å². The third-order valence-electron chi connectivity index (χ3n) is 3.98. The average molecular weight is 379 g/mol. The molecule has 8 heteroatoms. The lowest BCUT2D eigenvalue weighted by molar-refractivity contribution is 0.0949. The second kappa shape index (κ2) is 7.59. The zero-order chi connectivity index (χ0) is 19.5. The molecule has 1 heterocycles. The van der Waals surface area contributed by atoms with Gasteiger partial charge in [0, 0.05) is 12.0 Å². The fourth-order valence-electron chi connectivity index (χ4n) is 2.58. The van der Waals surface area contributed by atoms with E-state index in [-0.39, 0.29) is 16.2 Å². The van der Waals surface area contributed by atoms with Crippen molar-refractivity contribution >= 4 is 15.9 Å². The Kier molecular flexibility index (Phi) is 5.87. The Morgan fingerprint density at radius 2 is 1.85 bits per heavy atom. The first-order valence-electron chi connectivity index (χ1n) is 8.37. The molecule has 26 heavy (non-hydrogen) atoms. The number of hydrogen-bond acceptors (Lipinski definition) is 5. The second-order valence-corrected chi connectivity index (χ2v) is 8.82. The number of aryl methyl sites for hydroxylation is 2. The molecule has 0 fully saturated rings. The number of nitrogens with one attached hydrogen (secondary N) is 1. The molecule has 0 radical (unpaired) electrons. The Bertz CT molecular complexity index is 878. The first-order valence-corrected chi connectivity index (χ1v) is 9.91. The number of carbonyl (C=O) groups is 1. The predicted octanol–water partition coefficient (Wildman–Crippen LogP) is 2.29. The quantitative estimate of drug-likeness (QED) is 0.747. The first-order chi connectivity index (χ1) is 12.0.